The van der Waals surface area contributed by atoms with E-state index in [1.54, 1.807) is 13.0 Å². The quantitative estimate of drug-likeness (QED) is 0.819. The normalized spacial score (nSPS) is 19.8. The van der Waals surface area contributed by atoms with Gasteiger partial charge in [0.2, 0.25) is 10.0 Å². The smallest absolute Gasteiger partial charge is 0.207 e. The number of nitriles is 2. The molecule has 1 heterocycles. The summed E-state index contributed by atoms with van der Waals surface area (Å²) in [5.74, 6) is 0. The molecule has 1 saturated heterocycles. The first-order chi connectivity index (χ1) is 9.00. The first kappa shape index (κ1) is 13.5. The summed E-state index contributed by atoms with van der Waals surface area (Å²) in [7, 11) is -3.65. The van der Waals surface area contributed by atoms with E-state index in [4.69, 9.17) is 10.5 Å². The van der Waals surface area contributed by atoms with Gasteiger partial charge in [-0.15, -0.1) is 0 Å². The van der Waals surface area contributed by atoms with Crippen LogP contribution in [0.2, 0.25) is 0 Å². The molecule has 0 N–H and O–H groups in total. The second kappa shape index (κ2) is 5.00. The van der Waals surface area contributed by atoms with Crippen molar-refractivity contribution in [3.05, 3.63) is 29.3 Å². The van der Waals surface area contributed by atoms with Crippen molar-refractivity contribution in [1.29, 1.82) is 10.5 Å². The van der Waals surface area contributed by atoms with Crippen LogP contribution < -0.4 is 0 Å². The zero-order valence-corrected chi connectivity index (χ0v) is 11.3. The van der Waals surface area contributed by atoms with Crippen molar-refractivity contribution >= 4 is 10.0 Å². The highest BCUT2D eigenvalue weighted by Crippen LogP contribution is 2.27. The van der Waals surface area contributed by atoms with Crippen molar-refractivity contribution < 1.29 is 8.42 Å². The molecule has 1 atom stereocenters. The fraction of sp³-hybridized carbons (Fsp3) is 0.385. The summed E-state index contributed by atoms with van der Waals surface area (Å²) in [6, 6.07) is 7.89. The third kappa shape index (κ3) is 2.33. The summed E-state index contributed by atoms with van der Waals surface area (Å²) >= 11 is 0. The van der Waals surface area contributed by atoms with Gasteiger partial charge in [-0.3, -0.25) is 0 Å². The van der Waals surface area contributed by atoms with Crippen LogP contribution >= 0.6 is 0 Å². The van der Waals surface area contributed by atoms with Crippen LogP contribution in [0.1, 0.15) is 24.0 Å². The van der Waals surface area contributed by atoms with Gasteiger partial charge in [0.15, 0.2) is 0 Å². The lowest BCUT2D eigenvalue weighted by Gasteiger charge is -2.20. The van der Waals surface area contributed by atoms with E-state index in [1.807, 2.05) is 12.1 Å². The summed E-state index contributed by atoms with van der Waals surface area (Å²) in [5.41, 5.74) is 0.956. The second-order valence-corrected chi connectivity index (χ2v) is 6.35. The Morgan fingerprint density at radius 1 is 1.37 bits per heavy atom. The molecule has 1 aromatic carbocycles. The van der Waals surface area contributed by atoms with Crippen LogP contribution in [-0.4, -0.2) is 25.3 Å². The molecular weight excluding hydrogens is 262 g/mol. The monoisotopic (exact) mass is 275 g/mol. The van der Waals surface area contributed by atoms with Gasteiger partial charge in [-0.25, -0.2) is 8.42 Å². The molecule has 0 bridgehead atoms. The maximum absolute atomic E-state index is 12.5. The Morgan fingerprint density at radius 2 is 2.11 bits per heavy atom. The number of hydrogen-bond acceptors (Lipinski definition) is 4. The standard InChI is InChI=1S/C13H13N3O2S/c1-10-7-11(8-14)4-5-13(10)19(17,18)16-6-2-3-12(16)9-15/h4-5,7,12H,2-3,6H2,1H3. The van der Waals surface area contributed by atoms with Crippen LogP contribution in [0.4, 0.5) is 0 Å². The third-order valence-electron chi connectivity index (χ3n) is 3.24. The zero-order chi connectivity index (χ0) is 14.0. The minimum absolute atomic E-state index is 0.175. The van der Waals surface area contributed by atoms with Crippen LogP contribution in [0.3, 0.4) is 0 Å². The fourth-order valence-electron chi connectivity index (χ4n) is 2.29. The highest BCUT2D eigenvalue weighted by molar-refractivity contribution is 7.89. The van der Waals surface area contributed by atoms with Crippen molar-refractivity contribution in [2.75, 3.05) is 6.54 Å². The Balaban J connectivity index is 2.46. The molecule has 1 aromatic rings. The molecule has 1 fully saturated rings. The number of sulfonamides is 1. The number of hydrogen-bond donors (Lipinski definition) is 0. The van der Waals surface area contributed by atoms with Gasteiger partial charge in [-0.2, -0.15) is 14.8 Å². The lowest BCUT2D eigenvalue weighted by Crippen LogP contribution is -2.35. The largest absolute Gasteiger partial charge is 0.244 e. The van der Waals surface area contributed by atoms with Crippen molar-refractivity contribution in [3.63, 3.8) is 0 Å². The molecule has 19 heavy (non-hydrogen) atoms. The topological polar surface area (TPSA) is 85.0 Å². The first-order valence-corrected chi connectivity index (χ1v) is 7.37. The van der Waals surface area contributed by atoms with E-state index in [2.05, 4.69) is 0 Å². The van der Waals surface area contributed by atoms with E-state index in [9.17, 15) is 8.42 Å². The van der Waals surface area contributed by atoms with E-state index >= 15 is 0 Å². The van der Waals surface area contributed by atoms with Crippen LogP contribution in [0.15, 0.2) is 23.1 Å². The molecule has 2 rings (SSSR count). The van der Waals surface area contributed by atoms with E-state index in [-0.39, 0.29) is 4.90 Å². The average Bonchev–Trinajstić information content (AvgIpc) is 2.87. The average molecular weight is 275 g/mol. The molecular formula is C13H13N3O2S. The Hall–Kier alpha value is -1.89. The lowest BCUT2D eigenvalue weighted by molar-refractivity contribution is 0.437. The van der Waals surface area contributed by atoms with Crippen LogP contribution in [0, 0.1) is 29.6 Å². The Labute approximate surface area is 112 Å². The predicted octanol–water partition coefficient (Wildman–Crippen LogP) is 1.54. The van der Waals surface area contributed by atoms with E-state index in [0.717, 1.165) is 0 Å². The summed E-state index contributed by atoms with van der Waals surface area (Å²) in [6.07, 6.45) is 1.28. The predicted molar refractivity (Wildman–Crippen MR) is 68.4 cm³/mol. The highest BCUT2D eigenvalue weighted by atomic mass is 32.2. The fourth-order valence-corrected chi connectivity index (χ4v) is 4.11. The maximum atomic E-state index is 12.5. The Morgan fingerprint density at radius 3 is 2.68 bits per heavy atom. The van der Waals surface area contributed by atoms with Crippen molar-refractivity contribution in [2.45, 2.75) is 30.7 Å². The Bertz CT molecular complexity index is 683. The van der Waals surface area contributed by atoms with Crippen LogP contribution in [0.25, 0.3) is 0 Å². The summed E-state index contributed by atoms with van der Waals surface area (Å²) in [5, 5.41) is 17.8. The Kier molecular flexibility index (Phi) is 3.57. The first-order valence-electron chi connectivity index (χ1n) is 5.93. The van der Waals surface area contributed by atoms with Gasteiger partial charge < -0.3 is 0 Å². The highest BCUT2D eigenvalue weighted by Gasteiger charge is 2.36. The molecule has 0 aliphatic carbocycles. The molecule has 6 heteroatoms. The van der Waals surface area contributed by atoms with Crippen molar-refractivity contribution in [3.8, 4) is 12.1 Å². The molecule has 0 spiro atoms. The molecule has 0 aromatic heterocycles. The van der Waals surface area contributed by atoms with Crippen molar-refractivity contribution in [2.24, 2.45) is 0 Å². The molecule has 5 nitrogen and oxygen atoms in total. The van der Waals surface area contributed by atoms with Gasteiger partial charge in [0, 0.05) is 6.54 Å². The molecule has 0 radical (unpaired) electrons. The number of aryl methyl sites for hydroxylation is 1. The van der Waals surface area contributed by atoms with Crippen LogP contribution in [-0.2, 0) is 10.0 Å². The minimum Gasteiger partial charge on any atom is -0.207 e. The van der Waals surface area contributed by atoms with E-state index in [0.29, 0.717) is 30.5 Å². The maximum Gasteiger partial charge on any atom is 0.244 e. The summed E-state index contributed by atoms with van der Waals surface area (Å²) < 4.78 is 26.3. The van der Waals surface area contributed by atoms with Gasteiger partial charge in [0.05, 0.1) is 22.6 Å². The SMILES string of the molecule is Cc1cc(C#N)ccc1S(=O)(=O)N1CCCC1C#N. The third-order valence-corrected chi connectivity index (χ3v) is 5.31. The molecule has 98 valence electrons. The zero-order valence-electron chi connectivity index (χ0n) is 10.5. The molecule has 0 saturated carbocycles. The van der Waals surface area contributed by atoms with E-state index < -0.39 is 16.1 Å². The van der Waals surface area contributed by atoms with Gasteiger partial charge in [0.25, 0.3) is 0 Å². The number of benzene rings is 1. The molecule has 1 aliphatic rings. The van der Waals surface area contributed by atoms with Crippen LogP contribution in [0.5, 0.6) is 0 Å². The molecule has 1 unspecified atom stereocenters. The van der Waals surface area contributed by atoms with Gasteiger partial charge in [-0.1, -0.05) is 0 Å². The summed E-state index contributed by atoms with van der Waals surface area (Å²) in [4.78, 5) is 0.175. The number of nitrogens with zero attached hydrogens (tertiary/aromatic N) is 3. The second-order valence-electron chi connectivity index (χ2n) is 4.49. The molecule has 1 aliphatic heterocycles. The minimum atomic E-state index is -3.65. The van der Waals surface area contributed by atoms with Gasteiger partial charge in [0.1, 0.15) is 6.04 Å². The van der Waals surface area contributed by atoms with Gasteiger partial charge in [-0.05, 0) is 43.5 Å². The van der Waals surface area contributed by atoms with Gasteiger partial charge >= 0.3 is 0 Å². The number of rotatable bonds is 2. The van der Waals surface area contributed by atoms with E-state index in [1.165, 1.54) is 16.4 Å². The molecule has 0 amide bonds. The lowest BCUT2D eigenvalue weighted by atomic mass is 10.2. The summed E-state index contributed by atoms with van der Waals surface area (Å²) in [6.45, 7) is 2.03. The van der Waals surface area contributed by atoms with Crippen molar-refractivity contribution in [1.82, 2.24) is 4.31 Å².